The van der Waals surface area contributed by atoms with Crippen molar-refractivity contribution in [2.45, 2.75) is 51.7 Å². The summed E-state index contributed by atoms with van der Waals surface area (Å²) < 4.78 is 0. The first-order valence-corrected chi connectivity index (χ1v) is 10.8. The third kappa shape index (κ3) is 6.02. The van der Waals surface area contributed by atoms with Crippen molar-refractivity contribution >= 4 is 34.8 Å². The number of aromatic hydroxyl groups is 1. The molecule has 1 saturated heterocycles. The largest absolute Gasteiger partial charge is 0.508 e. The SMILES string of the molecule is CC(C)(C)NC1CCN(c2cc(NCc3ccc(O)cc3)nc3ccccc23)CC1.Cl. The maximum atomic E-state index is 9.48. The van der Waals surface area contributed by atoms with Crippen LogP contribution in [0.3, 0.4) is 0 Å². The number of pyridine rings is 1. The van der Waals surface area contributed by atoms with E-state index >= 15 is 0 Å². The maximum Gasteiger partial charge on any atom is 0.129 e. The van der Waals surface area contributed by atoms with Crippen LogP contribution in [-0.4, -0.2) is 34.8 Å². The van der Waals surface area contributed by atoms with Crippen molar-refractivity contribution in [2.24, 2.45) is 0 Å². The highest BCUT2D eigenvalue weighted by Gasteiger charge is 2.24. The smallest absolute Gasteiger partial charge is 0.129 e. The Hall–Kier alpha value is -2.50. The van der Waals surface area contributed by atoms with Crippen LogP contribution in [0, 0.1) is 0 Å². The molecule has 1 fully saturated rings. The number of phenols is 1. The fourth-order valence-corrected chi connectivity index (χ4v) is 4.19. The van der Waals surface area contributed by atoms with Crippen molar-refractivity contribution in [3.05, 3.63) is 60.2 Å². The second-order valence-corrected chi connectivity index (χ2v) is 9.22. The van der Waals surface area contributed by atoms with Gasteiger partial charge in [-0.1, -0.05) is 30.3 Å². The number of nitrogens with zero attached hydrogens (tertiary/aromatic N) is 2. The van der Waals surface area contributed by atoms with E-state index < -0.39 is 0 Å². The second kappa shape index (κ2) is 9.75. The van der Waals surface area contributed by atoms with Gasteiger partial charge in [0.2, 0.25) is 0 Å². The Balaban J connectivity index is 0.00000272. The van der Waals surface area contributed by atoms with E-state index in [2.05, 4.69) is 60.6 Å². The van der Waals surface area contributed by atoms with Crippen LogP contribution in [0.1, 0.15) is 39.2 Å². The van der Waals surface area contributed by atoms with E-state index in [-0.39, 0.29) is 23.7 Å². The number of para-hydroxylation sites is 1. The molecular formula is C25H33ClN4O. The molecule has 1 aliphatic heterocycles. The Kier molecular flexibility index (Phi) is 7.29. The predicted molar refractivity (Wildman–Crippen MR) is 133 cm³/mol. The zero-order valence-electron chi connectivity index (χ0n) is 18.6. The molecule has 6 heteroatoms. The van der Waals surface area contributed by atoms with Crippen LogP contribution in [0.15, 0.2) is 54.6 Å². The highest BCUT2D eigenvalue weighted by molar-refractivity contribution is 5.93. The summed E-state index contributed by atoms with van der Waals surface area (Å²) in [4.78, 5) is 7.32. The number of phenolic OH excluding ortho intramolecular Hbond substituents is 1. The van der Waals surface area contributed by atoms with Gasteiger partial charge in [-0.25, -0.2) is 4.98 Å². The Morgan fingerprint density at radius 3 is 2.39 bits per heavy atom. The average Bonchev–Trinajstić information content (AvgIpc) is 2.72. The van der Waals surface area contributed by atoms with Gasteiger partial charge in [-0.3, -0.25) is 0 Å². The summed E-state index contributed by atoms with van der Waals surface area (Å²) in [6, 6.07) is 18.4. The molecule has 0 unspecified atom stereocenters. The molecule has 0 saturated carbocycles. The molecule has 0 radical (unpaired) electrons. The van der Waals surface area contributed by atoms with Crippen molar-refractivity contribution in [3.8, 4) is 5.75 Å². The number of benzene rings is 2. The molecular weight excluding hydrogens is 408 g/mol. The Labute approximate surface area is 191 Å². The monoisotopic (exact) mass is 440 g/mol. The van der Waals surface area contributed by atoms with E-state index in [4.69, 9.17) is 4.98 Å². The minimum Gasteiger partial charge on any atom is -0.508 e. The van der Waals surface area contributed by atoms with Crippen LogP contribution in [-0.2, 0) is 6.54 Å². The molecule has 5 nitrogen and oxygen atoms in total. The molecule has 3 N–H and O–H groups in total. The molecule has 31 heavy (non-hydrogen) atoms. The molecule has 2 heterocycles. The summed E-state index contributed by atoms with van der Waals surface area (Å²) in [6.45, 7) is 9.46. The van der Waals surface area contributed by atoms with Crippen molar-refractivity contribution in [1.82, 2.24) is 10.3 Å². The zero-order valence-corrected chi connectivity index (χ0v) is 19.4. The average molecular weight is 441 g/mol. The molecule has 166 valence electrons. The minimum absolute atomic E-state index is 0. The normalized spacial score (nSPS) is 15.0. The molecule has 0 bridgehead atoms. The van der Waals surface area contributed by atoms with Crippen LogP contribution >= 0.6 is 12.4 Å². The maximum absolute atomic E-state index is 9.48. The molecule has 0 aliphatic carbocycles. The van der Waals surface area contributed by atoms with Crippen LogP contribution in [0.25, 0.3) is 10.9 Å². The molecule has 1 aromatic heterocycles. The lowest BCUT2D eigenvalue weighted by atomic mass is 9.99. The van der Waals surface area contributed by atoms with E-state index in [1.807, 2.05) is 18.2 Å². The summed E-state index contributed by atoms with van der Waals surface area (Å²) in [5, 5.41) is 17.9. The number of rotatable bonds is 5. The van der Waals surface area contributed by atoms with Gasteiger partial charge in [0.15, 0.2) is 0 Å². The molecule has 1 aliphatic rings. The number of hydrogen-bond acceptors (Lipinski definition) is 5. The highest BCUT2D eigenvalue weighted by atomic mass is 35.5. The van der Waals surface area contributed by atoms with E-state index in [9.17, 15) is 5.11 Å². The summed E-state index contributed by atoms with van der Waals surface area (Å²) in [5.41, 5.74) is 3.53. The third-order valence-electron chi connectivity index (χ3n) is 5.58. The van der Waals surface area contributed by atoms with Crippen LogP contribution in [0.2, 0.25) is 0 Å². The zero-order chi connectivity index (χ0) is 21.1. The van der Waals surface area contributed by atoms with Gasteiger partial charge in [-0.05, 0) is 57.4 Å². The van der Waals surface area contributed by atoms with Crippen molar-refractivity contribution in [3.63, 3.8) is 0 Å². The summed E-state index contributed by atoms with van der Waals surface area (Å²) in [7, 11) is 0. The Morgan fingerprint density at radius 2 is 1.71 bits per heavy atom. The molecule has 2 aromatic carbocycles. The number of piperidine rings is 1. The van der Waals surface area contributed by atoms with Gasteiger partial charge in [0.05, 0.1) is 5.52 Å². The van der Waals surface area contributed by atoms with Gasteiger partial charge in [-0.2, -0.15) is 0 Å². The van der Waals surface area contributed by atoms with Gasteiger partial charge in [-0.15, -0.1) is 12.4 Å². The number of hydrogen-bond donors (Lipinski definition) is 3. The Morgan fingerprint density at radius 1 is 1.03 bits per heavy atom. The van der Waals surface area contributed by atoms with Gasteiger partial charge >= 0.3 is 0 Å². The lowest BCUT2D eigenvalue weighted by molar-refractivity contribution is 0.317. The van der Waals surface area contributed by atoms with Crippen LogP contribution in [0.5, 0.6) is 5.75 Å². The Bertz CT molecular complexity index is 993. The number of fused-ring (bicyclic) bond motifs is 1. The third-order valence-corrected chi connectivity index (χ3v) is 5.58. The first-order chi connectivity index (χ1) is 14.4. The van der Waals surface area contributed by atoms with E-state index in [1.165, 1.54) is 11.1 Å². The van der Waals surface area contributed by atoms with E-state index in [0.29, 0.717) is 12.6 Å². The number of aromatic nitrogens is 1. The number of anilines is 2. The van der Waals surface area contributed by atoms with Crippen LogP contribution in [0.4, 0.5) is 11.5 Å². The molecule has 0 spiro atoms. The van der Waals surface area contributed by atoms with Gasteiger partial charge in [0.25, 0.3) is 0 Å². The number of halogens is 1. The highest BCUT2D eigenvalue weighted by Crippen LogP contribution is 2.31. The lowest BCUT2D eigenvalue weighted by Gasteiger charge is -2.37. The van der Waals surface area contributed by atoms with Crippen LogP contribution < -0.4 is 15.5 Å². The van der Waals surface area contributed by atoms with Gasteiger partial charge in [0, 0.05) is 48.4 Å². The molecule has 0 atom stereocenters. The first-order valence-electron chi connectivity index (χ1n) is 10.8. The minimum atomic E-state index is 0. The summed E-state index contributed by atoms with van der Waals surface area (Å²) in [6.07, 6.45) is 2.29. The van der Waals surface area contributed by atoms with Gasteiger partial charge < -0.3 is 20.6 Å². The second-order valence-electron chi connectivity index (χ2n) is 9.22. The summed E-state index contributed by atoms with van der Waals surface area (Å²) in [5.74, 6) is 1.17. The van der Waals surface area contributed by atoms with Crippen molar-refractivity contribution in [1.29, 1.82) is 0 Å². The topological polar surface area (TPSA) is 60.4 Å². The molecule has 3 aromatic rings. The first kappa shape index (κ1) is 23.2. The molecule has 0 amide bonds. The van der Waals surface area contributed by atoms with Crippen molar-refractivity contribution in [2.75, 3.05) is 23.3 Å². The predicted octanol–water partition coefficient (Wildman–Crippen LogP) is 5.33. The summed E-state index contributed by atoms with van der Waals surface area (Å²) >= 11 is 0. The standard InChI is InChI=1S/C25H32N4O.ClH/c1-25(2,3)28-19-12-14-29(15-13-19)23-16-24(27-22-7-5-4-6-21(22)23)26-17-18-8-10-20(30)11-9-18;/h4-11,16,19,28,30H,12-15,17H2,1-3H3,(H,26,27);1H. The molecule has 4 rings (SSSR count). The lowest BCUT2D eigenvalue weighted by Crippen LogP contribution is -2.49. The van der Waals surface area contributed by atoms with Gasteiger partial charge in [0.1, 0.15) is 11.6 Å². The number of nitrogens with one attached hydrogen (secondary N) is 2. The van der Waals surface area contributed by atoms with E-state index in [0.717, 1.165) is 42.8 Å². The van der Waals surface area contributed by atoms with E-state index in [1.54, 1.807) is 12.1 Å². The quantitative estimate of drug-likeness (QED) is 0.500. The fraction of sp³-hybridized carbons (Fsp3) is 0.400. The van der Waals surface area contributed by atoms with Crippen molar-refractivity contribution < 1.29 is 5.11 Å². The fourth-order valence-electron chi connectivity index (χ4n) is 4.19.